The third-order valence-electron chi connectivity index (χ3n) is 7.40. The van der Waals surface area contributed by atoms with Gasteiger partial charge >= 0.3 is 0 Å². The van der Waals surface area contributed by atoms with E-state index in [2.05, 4.69) is 21.4 Å². The zero-order valence-corrected chi connectivity index (χ0v) is 21.7. The molecule has 8 heteroatoms. The smallest absolute Gasteiger partial charge is 0.269 e. The van der Waals surface area contributed by atoms with Crippen LogP contribution in [0.25, 0.3) is 10.8 Å². The fourth-order valence-electron chi connectivity index (χ4n) is 5.32. The first-order chi connectivity index (χ1) is 18.5. The standard InChI is InChI=1S/C30H33N5O3/c1-2-3-16-32-18-19-34(30(36)28-10-6-8-24-7-4-5-9-27(24)28)26(22-32)20-29-31-15-17-33(29)21-23-11-13-25(14-12-23)35(37)38/h4-15,17,26H,2-3,16,18-22H2,1H3. The largest absolute Gasteiger partial charge is 0.333 e. The van der Waals surface area contributed by atoms with Crippen molar-refractivity contribution < 1.29 is 9.72 Å². The molecule has 0 saturated carbocycles. The molecule has 1 atom stereocenters. The minimum absolute atomic E-state index is 0.00918. The number of carbonyl (C=O) groups excluding carboxylic acids is 1. The maximum Gasteiger partial charge on any atom is 0.269 e. The Kier molecular flexibility index (Phi) is 7.79. The molecule has 1 saturated heterocycles. The van der Waals surface area contributed by atoms with Crippen molar-refractivity contribution in [2.75, 3.05) is 26.2 Å². The zero-order chi connectivity index (χ0) is 26.5. The van der Waals surface area contributed by atoms with Crippen LogP contribution in [0.15, 0.2) is 79.1 Å². The molecule has 196 valence electrons. The Morgan fingerprint density at radius 1 is 1.05 bits per heavy atom. The summed E-state index contributed by atoms with van der Waals surface area (Å²) in [5.41, 5.74) is 1.78. The van der Waals surface area contributed by atoms with Crippen LogP contribution in [0.3, 0.4) is 0 Å². The van der Waals surface area contributed by atoms with E-state index in [0.29, 0.717) is 19.5 Å². The number of imidazole rings is 1. The van der Waals surface area contributed by atoms with E-state index >= 15 is 0 Å². The second kappa shape index (κ2) is 11.6. The minimum atomic E-state index is -0.388. The molecule has 5 rings (SSSR count). The molecule has 1 fully saturated rings. The van der Waals surface area contributed by atoms with Gasteiger partial charge in [-0.25, -0.2) is 4.98 Å². The number of fused-ring (bicyclic) bond motifs is 1. The predicted molar refractivity (Wildman–Crippen MR) is 148 cm³/mol. The third-order valence-corrected chi connectivity index (χ3v) is 7.40. The number of carbonyl (C=O) groups is 1. The number of hydrogen-bond donors (Lipinski definition) is 0. The first-order valence-electron chi connectivity index (χ1n) is 13.3. The average Bonchev–Trinajstić information content (AvgIpc) is 3.37. The first-order valence-corrected chi connectivity index (χ1v) is 13.3. The molecule has 8 nitrogen and oxygen atoms in total. The van der Waals surface area contributed by atoms with Gasteiger partial charge in [-0.2, -0.15) is 0 Å². The van der Waals surface area contributed by atoms with E-state index in [4.69, 9.17) is 0 Å². The normalized spacial score (nSPS) is 16.1. The average molecular weight is 512 g/mol. The maximum atomic E-state index is 14.0. The lowest BCUT2D eigenvalue weighted by molar-refractivity contribution is -0.384. The molecule has 0 N–H and O–H groups in total. The summed E-state index contributed by atoms with van der Waals surface area (Å²) in [6.45, 7) is 6.15. The Morgan fingerprint density at radius 2 is 1.84 bits per heavy atom. The van der Waals surface area contributed by atoms with E-state index < -0.39 is 0 Å². The van der Waals surface area contributed by atoms with Crippen molar-refractivity contribution in [3.63, 3.8) is 0 Å². The van der Waals surface area contributed by atoms with Gasteiger partial charge in [0, 0.05) is 62.7 Å². The van der Waals surface area contributed by atoms with E-state index in [1.54, 1.807) is 18.3 Å². The van der Waals surface area contributed by atoms with Crippen molar-refractivity contribution in [1.29, 1.82) is 0 Å². The highest BCUT2D eigenvalue weighted by molar-refractivity contribution is 6.07. The SMILES string of the molecule is CCCCN1CCN(C(=O)c2cccc3ccccc23)C(Cc2nccn2Cc2ccc([N+](=O)[O-])cc2)C1. The number of benzene rings is 3. The van der Waals surface area contributed by atoms with E-state index in [1.165, 1.54) is 12.1 Å². The lowest BCUT2D eigenvalue weighted by atomic mass is 10.0. The second-order valence-electron chi connectivity index (χ2n) is 9.93. The van der Waals surface area contributed by atoms with E-state index in [0.717, 1.165) is 60.2 Å². The van der Waals surface area contributed by atoms with Crippen molar-refractivity contribution in [2.24, 2.45) is 0 Å². The Hall–Kier alpha value is -4.04. The first kappa shape index (κ1) is 25.6. The summed E-state index contributed by atoms with van der Waals surface area (Å²) in [6.07, 6.45) is 6.64. The van der Waals surface area contributed by atoms with Crippen LogP contribution >= 0.6 is 0 Å². The molecule has 2 heterocycles. The van der Waals surface area contributed by atoms with E-state index in [9.17, 15) is 14.9 Å². The Bertz CT molecular complexity index is 1410. The minimum Gasteiger partial charge on any atom is -0.333 e. The van der Waals surface area contributed by atoms with Gasteiger partial charge in [0.25, 0.3) is 11.6 Å². The van der Waals surface area contributed by atoms with Crippen molar-refractivity contribution in [1.82, 2.24) is 19.4 Å². The highest BCUT2D eigenvalue weighted by Crippen LogP contribution is 2.24. The summed E-state index contributed by atoms with van der Waals surface area (Å²) in [4.78, 5) is 33.7. The number of non-ortho nitro benzene ring substituents is 1. The lowest BCUT2D eigenvalue weighted by Gasteiger charge is -2.41. The van der Waals surface area contributed by atoms with Crippen LogP contribution in [0.1, 0.15) is 41.5 Å². The van der Waals surface area contributed by atoms with Gasteiger partial charge in [-0.05, 0) is 35.4 Å². The highest BCUT2D eigenvalue weighted by Gasteiger charge is 2.32. The summed E-state index contributed by atoms with van der Waals surface area (Å²) in [7, 11) is 0. The summed E-state index contributed by atoms with van der Waals surface area (Å²) in [6, 6.07) is 20.6. The summed E-state index contributed by atoms with van der Waals surface area (Å²) < 4.78 is 2.08. The van der Waals surface area contributed by atoms with Crippen LogP contribution in [0.5, 0.6) is 0 Å². The fraction of sp³-hybridized carbons (Fsp3) is 0.333. The molecular formula is C30H33N5O3. The lowest BCUT2D eigenvalue weighted by Crippen LogP contribution is -2.56. The van der Waals surface area contributed by atoms with Gasteiger partial charge in [-0.15, -0.1) is 0 Å². The highest BCUT2D eigenvalue weighted by atomic mass is 16.6. The molecule has 3 aromatic carbocycles. The van der Waals surface area contributed by atoms with Gasteiger partial charge in [-0.1, -0.05) is 61.9 Å². The topological polar surface area (TPSA) is 84.5 Å². The van der Waals surface area contributed by atoms with Crippen molar-refractivity contribution in [3.05, 3.63) is 106 Å². The zero-order valence-electron chi connectivity index (χ0n) is 21.7. The van der Waals surface area contributed by atoms with Crippen LogP contribution in [-0.2, 0) is 13.0 Å². The van der Waals surface area contributed by atoms with Crippen LogP contribution in [-0.4, -0.2) is 62.4 Å². The number of rotatable bonds is 9. The molecule has 1 aliphatic rings. The summed E-state index contributed by atoms with van der Waals surface area (Å²) in [5.74, 6) is 0.969. The van der Waals surface area contributed by atoms with Gasteiger partial charge in [-0.3, -0.25) is 19.8 Å². The van der Waals surface area contributed by atoms with Gasteiger partial charge < -0.3 is 9.47 Å². The summed E-state index contributed by atoms with van der Waals surface area (Å²) in [5, 5.41) is 13.1. The maximum absolute atomic E-state index is 14.0. The predicted octanol–water partition coefficient (Wildman–Crippen LogP) is 5.16. The quantitative estimate of drug-likeness (QED) is 0.229. The number of hydrogen-bond acceptors (Lipinski definition) is 5. The second-order valence-corrected chi connectivity index (χ2v) is 9.93. The number of piperazine rings is 1. The molecule has 1 amide bonds. The van der Waals surface area contributed by atoms with Crippen molar-refractivity contribution >= 4 is 22.4 Å². The van der Waals surface area contributed by atoms with E-state index in [1.807, 2.05) is 53.6 Å². The number of amides is 1. The van der Waals surface area contributed by atoms with Gasteiger partial charge in [0.05, 0.1) is 11.0 Å². The third kappa shape index (κ3) is 5.60. The van der Waals surface area contributed by atoms with Crippen molar-refractivity contribution in [3.8, 4) is 0 Å². The molecular weight excluding hydrogens is 478 g/mol. The molecule has 0 radical (unpaired) electrons. The Labute approximate surface area is 222 Å². The van der Waals surface area contributed by atoms with Crippen LogP contribution in [0.4, 0.5) is 5.69 Å². The fourth-order valence-corrected chi connectivity index (χ4v) is 5.32. The summed E-state index contributed by atoms with van der Waals surface area (Å²) >= 11 is 0. The molecule has 0 bridgehead atoms. The number of nitro groups is 1. The molecule has 0 aliphatic carbocycles. The van der Waals surface area contributed by atoms with Gasteiger partial charge in [0.1, 0.15) is 5.82 Å². The van der Waals surface area contributed by atoms with Crippen LogP contribution in [0.2, 0.25) is 0 Å². The Morgan fingerprint density at radius 3 is 2.63 bits per heavy atom. The monoisotopic (exact) mass is 511 g/mol. The molecule has 38 heavy (non-hydrogen) atoms. The molecule has 1 aromatic heterocycles. The molecule has 1 unspecified atom stereocenters. The van der Waals surface area contributed by atoms with Gasteiger partial charge in [0.15, 0.2) is 0 Å². The number of aromatic nitrogens is 2. The molecule has 0 spiro atoms. The van der Waals surface area contributed by atoms with Crippen molar-refractivity contribution in [2.45, 2.75) is 38.8 Å². The number of nitro benzene ring substituents is 1. The molecule has 4 aromatic rings. The van der Waals surface area contributed by atoms with Crippen LogP contribution < -0.4 is 0 Å². The van der Waals surface area contributed by atoms with Crippen LogP contribution in [0, 0.1) is 10.1 Å². The van der Waals surface area contributed by atoms with Gasteiger partial charge in [0.2, 0.25) is 0 Å². The number of unbranched alkanes of at least 4 members (excludes halogenated alkanes) is 1. The number of nitrogens with zero attached hydrogens (tertiary/aromatic N) is 5. The van der Waals surface area contributed by atoms with E-state index in [-0.39, 0.29) is 22.6 Å². The Balaban J connectivity index is 1.39. The molecule has 1 aliphatic heterocycles.